The highest BCUT2D eigenvalue weighted by atomic mass is 35.5. The molecule has 0 atom stereocenters. The van der Waals surface area contributed by atoms with E-state index >= 15 is 0 Å². The first kappa shape index (κ1) is 20.1. The standard InChI is InChI=1S/C18H22ClN7O2S/c19-14-3-1-2-4-15(14)20-16(27)11-24-7-9-25(10-8-24)17(28)12-29-18-21-22-23-26(18)13-5-6-13/h1-4,13H,5-12H2,(H,20,27). The molecule has 0 unspecified atom stereocenters. The summed E-state index contributed by atoms with van der Waals surface area (Å²) in [5.41, 5.74) is 0.610. The van der Waals surface area contributed by atoms with Gasteiger partial charge in [-0.25, -0.2) is 4.68 Å². The molecule has 0 bridgehead atoms. The number of hydrogen-bond donors (Lipinski definition) is 1. The van der Waals surface area contributed by atoms with Gasteiger partial charge in [0.25, 0.3) is 0 Å². The van der Waals surface area contributed by atoms with Crippen molar-refractivity contribution >= 4 is 40.9 Å². The Morgan fingerprint density at radius 1 is 1.17 bits per heavy atom. The summed E-state index contributed by atoms with van der Waals surface area (Å²) >= 11 is 7.46. The van der Waals surface area contributed by atoms with Crippen molar-refractivity contribution in [3.05, 3.63) is 29.3 Å². The summed E-state index contributed by atoms with van der Waals surface area (Å²) in [5.74, 6) is 0.279. The smallest absolute Gasteiger partial charge is 0.238 e. The number of hydrogen-bond acceptors (Lipinski definition) is 7. The van der Waals surface area contributed by atoms with Gasteiger partial charge < -0.3 is 10.2 Å². The second kappa shape index (κ2) is 9.10. The molecule has 2 aliphatic rings. The van der Waals surface area contributed by atoms with Gasteiger partial charge in [-0.2, -0.15) is 0 Å². The molecule has 1 N–H and O–H groups in total. The number of halogens is 1. The van der Waals surface area contributed by atoms with E-state index in [1.165, 1.54) is 11.8 Å². The summed E-state index contributed by atoms with van der Waals surface area (Å²) in [6.07, 6.45) is 2.19. The van der Waals surface area contributed by atoms with Gasteiger partial charge in [0, 0.05) is 26.2 Å². The van der Waals surface area contributed by atoms with Gasteiger partial charge in [-0.15, -0.1) is 5.10 Å². The number of nitrogens with zero attached hydrogens (tertiary/aromatic N) is 6. The molecule has 29 heavy (non-hydrogen) atoms. The van der Waals surface area contributed by atoms with Crippen LogP contribution in [0.15, 0.2) is 29.4 Å². The van der Waals surface area contributed by atoms with Crippen LogP contribution in [0.25, 0.3) is 0 Å². The molecule has 2 heterocycles. The number of anilines is 1. The number of rotatable bonds is 7. The fraction of sp³-hybridized carbons (Fsp3) is 0.500. The summed E-state index contributed by atoms with van der Waals surface area (Å²) < 4.78 is 1.81. The Morgan fingerprint density at radius 2 is 1.93 bits per heavy atom. The number of nitrogens with one attached hydrogen (secondary N) is 1. The Bertz CT molecular complexity index is 881. The number of carbonyl (C=O) groups excluding carboxylic acids is 2. The monoisotopic (exact) mass is 435 g/mol. The molecule has 1 saturated carbocycles. The third-order valence-electron chi connectivity index (χ3n) is 4.92. The van der Waals surface area contributed by atoms with Crippen LogP contribution in [0.3, 0.4) is 0 Å². The minimum atomic E-state index is -0.111. The molecule has 1 saturated heterocycles. The Kier molecular flexibility index (Phi) is 6.31. The van der Waals surface area contributed by atoms with Gasteiger partial charge >= 0.3 is 0 Å². The van der Waals surface area contributed by atoms with Gasteiger partial charge in [-0.05, 0) is 35.4 Å². The number of benzene rings is 1. The number of amides is 2. The molecule has 1 aromatic carbocycles. The van der Waals surface area contributed by atoms with Crippen LogP contribution in [0.5, 0.6) is 0 Å². The minimum Gasteiger partial charge on any atom is -0.339 e. The van der Waals surface area contributed by atoms with E-state index in [-0.39, 0.29) is 18.4 Å². The summed E-state index contributed by atoms with van der Waals surface area (Å²) in [6, 6.07) is 7.55. The Hall–Kier alpha value is -2.17. The number of para-hydroxylation sites is 1. The van der Waals surface area contributed by atoms with Gasteiger partial charge in [-0.1, -0.05) is 35.5 Å². The Balaban J connectivity index is 1.19. The van der Waals surface area contributed by atoms with Crippen molar-refractivity contribution in [1.29, 1.82) is 0 Å². The van der Waals surface area contributed by atoms with Crippen LogP contribution in [-0.4, -0.2) is 80.3 Å². The highest BCUT2D eigenvalue weighted by Gasteiger charge is 2.29. The normalized spacial score (nSPS) is 17.3. The lowest BCUT2D eigenvalue weighted by Gasteiger charge is -2.34. The molecule has 1 aliphatic heterocycles. The van der Waals surface area contributed by atoms with Gasteiger partial charge in [-0.3, -0.25) is 14.5 Å². The van der Waals surface area contributed by atoms with E-state index in [0.717, 1.165) is 12.8 Å². The van der Waals surface area contributed by atoms with E-state index in [0.29, 0.717) is 53.8 Å². The highest BCUT2D eigenvalue weighted by molar-refractivity contribution is 7.99. The van der Waals surface area contributed by atoms with Crippen molar-refractivity contribution in [1.82, 2.24) is 30.0 Å². The van der Waals surface area contributed by atoms with E-state index in [4.69, 9.17) is 11.6 Å². The Labute approximate surface area is 177 Å². The van der Waals surface area contributed by atoms with Crippen LogP contribution in [-0.2, 0) is 9.59 Å². The third-order valence-corrected chi connectivity index (χ3v) is 6.17. The minimum absolute atomic E-state index is 0.0699. The first-order chi connectivity index (χ1) is 14.1. The fourth-order valence-electron chi connectivity index (χ4n) is 3.16. The zero-order valence-electron chi connectivity index (χ0n) is 15.8. The lowest BCUT2D eigenvalue weighted by atomic mass is 10.3. The molecule has 1 aromatic heterocycles. The van der Waals surface area contributed by atoms with Crippen LogP contribution in [0, 0.1) is 0 Å². The van der Waals surface area contributed by atoms with Gasteiger partial charge in [0.05, 0.1) is 29.0 Å². The maximum absolute atomic E-state index is 12.5. The molecule has 154 valence electrons. The third kappa shape index (κ3) is 5.26. The number of thioether (sulfide) groups is 1. The SMILES string of the molecule is O=C(CN1CCN(C(=O)CSc2nnnn2C2CC2)CC1)Nc1ccccc1Cl. The van der Waals surface area contributed by atoms with Crippen LogP contribution >= 0.6 is 23.4 Å². The molecular weight excluding hydrogens is 414 g/mol. The molecule has 2 fully saturated rings. The molecule has 9 nitrogen and oxygen atoms in total. The van der Waals surface area contributed by atoms with Crippen molar-refractivity contribution in [2.75, 3.05) is 43.8 Å². The number of carbonyl (C=O) groups is 2. The number of tetrazole rings is 1. The van der Waals surface area contributed by atoms with Crippen molar-refractivity contribution < 1.29 is 9.59 Å². The fourth-order valence-corrected chi connectivity index (χ4v) is 4.19. The zero-order chi connectivity index (χ0) is 20.2. The van der Waals surface area contributed by atoms with Crippen molar-refractivity contribution in [3.8, 4) is 0 Å². The maximum Gasteiger partial charge on any atom is 0.238 e. The molecule has 0 spiro atoms. The van der Waals surface area contributed by atoms with E-state index in [9.17, 15) is 9.59 Å². The van der Waals surface area contributed by atoms with E-state index in [1.807, 2.05) is 26.6 Å². The van der Waals surface area contributed by atoms with Gasteiger partial charge in [0.15, 0.2) is 0 Å². The first-order valence-corrected chi connectivity index (χ1v) is 10.9. The first-order valence-electron chi connectivity index (χ1n) is 9.55. The predicted octanol–water partition coefficient (Wildman–Crippen LogP) is 1.54. The lowest BCUT2D eigenvalue weighted by Crippen LogP contribution is -2.50. The topological polar surface area (TPSA) is 96.2 Å². The quantitative estimate of drug-likeness (QED) is 0.659. The summed E-state index contributed by atoms with van der Waals surface area (Å²) in [5, 5.41) is 15.8. The van der Waals surface area contributed by atoms with Gasteiger partial charge in [0.1, 0.15) is 0 Å². The molecule has 0 radical (unpaired) electrons. The lowest BCUT2D eigenvalue weighted by molar-refractivity contribution is -0.130. The van der Waals surface area contributed by atoms with Crippen LogP contribution in [0.2, 0.25) is 5.02 Å². The second-order valence-corrected chi connectivity index (χ2v) is 8.46. The second-order valence-electron chi connectivity index (χ2n) is 7.11. The Morgan fingerprint density at radius 3 is 2.66 bits per heavy atom. The largest absolute Gasteiger partial charge is 0.339 e. The highest BCUT2D eigenvalue weighted by Crippen LogP contribution is 2.36. The van der Waals surface area contributed by atoms with E-state index < -0.39 is 0 Å². The van der Waals surface area contributed by atoms with Crippen molar-refractivity contribution in [2.45, 2.75) is 24.0 Å². The average Bonchev–Trinajstić information content (AvgIpc) is 3.46. The van der Waals surface area contributed by atoms with Crippen LogP contribution < -0.4 is 5.32 Å². The number of aromatic nitrogens is 4. The summed E-state index contributed by atoms with van der Waals surface area (Å²) in [6.45, 7) is 2.80. The van der Waals surface area contributed by atoms with Crippen molar-refractivity contribution in [3.63, 3.8) is 0 Å². The van der Waals surface area contributed by atoms with Crippen LogP contribution in [0.1, 0.15) is 18.9 Å². The zero-order valence-corrected chi connectivity index (χ0v) is 17.4. The average molecular weight is 436 g/mol. The maximum atomic E-state index is 12.5. The predicted molar refractivity (Wildman–Crippen MR) is 110 cm³/mol. The van der Waals surface area contributed by atoms with E-state index in [1.54, 1.807) is 12.1 Å². The molecule has 2 amide bonds. The summed E-state index contributed by atoms with van der Waals surface area (Å²) in [4.78, 5) is 28.6. The van der Waals surface area contributed by atoms with Gasteiger partial charge in [0.2, 0.25) is 17.0 Å². The molecular formula is C18H22ClN7O2S. The molecule has 1 aliphatic carbocycles. The molecule has 4 rings (SSSR count). The number of piperazine rings is 1. The molecule has 11 heteroatoms. The van der Waals surface area contributed by atoms with Crippen LogP contribution in [0.4, 0.5) is 5.69 Å². The molecule has 2 aromatic rings. The summed E-state index contributed by atoms with van der Waals surface area (Å²) in [7, 11) is 0. The van der Waals surface area contributed by atoms with E-state index in [2.05, 4.69) is 20.8 Å². The van der Waals surface area contributed by atoms with Crippen molar-refractivity contribution in [2.24, 2.45) is 0 Å².